The van der Waals surface area contributed by atoms with E-state index in [9.17, 15) is 4.79 Å². The van der Waals surface area contributed by atoms with Crippen molar-refractivity contribution in [2.24, 2.45) is 0 Å². The second kappa shape index (κ2) is 10.2. The third kappa shape index (κ3) is 4.78. The van der Waals surface area contributed by atoms with Crippen LogP contribution in [0.3, 0.4) is 0 Å². The van der Waals surface area contributed by atoms with Gasteiger partial charge in [0.15, 0.2) is 5.65 Å². The van der Waals surface area contributed by atoms with Crippen molar-refractivity contribution in [2.45, 2.75) is 45.7 Å². The molecule has 0 bridgehead atoms. The first-order valence-electron chi connectivity index (χ1n) is 13.4. The van der Waals surface area contributed by atoms with Gasteiger partial charge in [-0.1, -0.05) is 12.1 Å². The molecule has 1 unspecified atom stereocenters. The summed E-state index contributed by atoms with van der Waals surface area (Å²) >= 11 is 0. The highest BCUT2D eigenvalue weighted by atomic mass is 16.2. The molecule has 3 heterocycles. The smallest absolute Gasteiger partial charge is 0.253 e. The van der Waals surface area contributed by atoms with E-state index in [2.05, 4.69) is 67.0 Å². The van der Waals surface area contributed by atoms with Gasteiger partial charge in [0.05, 0.1) is 11.9 Å². The van der Waals surface area contributed by atoms with Gasteiger partial charge in [-0.2, -0.15) is 0 Å². The fourth-order valence-corrected chi connectivity index (χ4v) is 5.37. The van der Waals surface area contributed by atoms with Crippen LogP contribution < -0.4 is 4.90 Å². The fourth-order valence-electron chi connectivity index (χ4n) is 5.37. The largest absolute Gasteiger partial charge is 0.369 e. The first-order valence-corrected chi connectivity index (χ1v) is 13.4. The van der Waals surface area contributed by atoms with Crippen molar-refractivity contribution >= 4 is 22.8 Å². The van der Waals surface area contributed by atoms with Crippen molar-refractivity contribution in [3.8, 4) is 22.4 Å². The van der Waals surface area contributed by atoms with E-state index in [0.29, 0.717) is 11.6 Å². The Morgan fingerprint density at radius 2 is 1.89 bits per heavy atom. The number of hydrogen-bond donors (Lipinski definition) is 1. The molecule has 1 amide bonds. The third-order valence-corrected chi connectivity index (χ3v) is 7.93. The molecule has 1 N–H and O–H groups in total. The van der Waals surface area contributed by atoms with E-state index in [4.69, 9.17) is 9.97 Å². The highest BCUT2D eigenvalue weighted by Crippen LogP contribution is 2.35. The summed E-state index contributed by atoms with van der Waals surface area (Å²) in [4.78, 5) is 32.0. The summed E-state index contributed by atoms with van der Waals surface area (Å²) < 4.78 is 0. The Kier molecular flexibility index (Phi) is 6.97. The van der Waals surface area contributed by atoms with Crippen LogP contribution in [0.4, 0.5) is 5.69 Å². The van der Waals surface area contributed by atoms with Gasteiger partial charge in [0, 0.05) is 61.3 Å². The van der Waals surface area contributed by atoms with Crippen LogP contribution in [-0.2, 0) is 0 Å². The zero-order valence-electron chi connectivity index (χ0n) is 23.5. The van der Waals surface area contributed by atoms with Gasteiger partial charge < -0.3 is 19.7 Å². The molecule has 38 heavy (non-hydrogen) atoms. The number of aromatic nitrogens is 3. The van der Waals surface area contributed by atoms with Gasteiger partial charge in [-0.3, -0.25) is 4.79 Å². The molecule has 1 saturated heterocycles. The number of benzene rings is 2. The number of hydrogen-bond acceptors (Lipinski definition) is 5. The number of fused-ring (bicyclic) bond motifs is 1. The monoisotopic (exact) mass is 510 g/mol. The molecule has 0 aliphatic carbocycles. The molecule has 1 fully saturated rings. The van der Waals surface area contributed by atoms with Gasteiger partial charge >= 0.3 is 0 Å². The van der Waals surface area contributed by atoms with Crippen LogP contribution in [0.1, 0.15) is 54.2 Å². The van der Waals surface area contributed by atoms with Crippen LogP contribution in [0.2, 0.25) is 0 Å². The highest BCUT2D eigenvalue weighted by Gasteiger charge is 2.23. The quantitative estimate of drug-likeness (QED) is 0.349. The number of aromatic amines is 1. The lowest BCUT2D eigenvalue weighted by Gasteiger charge is -2.27. The molecule has 5 rings (SSSR count). The molecule has 0 radical (unpaired) electrons. The van der Waals surface area contributed by atoms with E-state index in [1.807, 2.05) is 31.5 Å². The van der Waals surface area contributed by atoms with Gasteiger partial charge in [-0.15, -0.1) is 0 Å². The number of rotatable bonds is 6. The average molecular weight is 511 g/mol. The number of carbonyl (C=O) groups is 1. The van der Waals surface area contributed by atoms with Crippen molar-refractivity contribution in [3.63, 3.8) is 0 Å². The molecular formula is C31H38N6O. The topological polar surface area (TPSA) is 68.4 Å². The number of nitrogens with zero attached hydrogens (tertiary/aromatic N) is 5. The van der Waals surface area contributed by atoms with E-state index in [1.165, 1.54) is 24.1 Å². The minimum atomic E-state index is 0.00464. The van der Waals surface area contributed by atoms with E-state index in [-0.39, 0.29) is 11.9 Å². The number of carbonyl (C=O) groups excluding carboxylic acids is 1. The van der Waals surface area contributed by atoms with Crippen molar-refractivity contribution in [1.82, 2.24) is 24.8 Å². The minimum Gasteiger partial charge on any atom is -0.369 e. The Labute approximate surface area is 225 Å². The Bertz CT molecular complexity index is 1490. The average Bonchev–Trinajstić information content (AvgIpc) is 3.53. The van der Waals surface area contributed by atoms with E-state index in [1.54, 1.807) is 19.0 Å². The van der Waals surface area contributed by atoms with Crippen LogP contribution in [0, 0.1) is 6.92 Å². The number of amides is 1. The molecule has 2 atom stereocenters. The summed E-state index contributed by atoms with van der Waals surface area (Å²) in [5.41, 5.74) is 9.68. The summed E-state index contributed by atoms with van der Waals surface area (Å²) in [5.74, 6) is 0.00464. The van der Waals surface area contributed by atoms with Crippen molar-refractivity contribution in [2.75, 3.05) is 39.6 Å². The summed E-state index contributed by atoms with van der Waals surface area (Å²) in [5, 5.41) is 0. The lowest BCUT2D eigenvalue weighted by molar-refractivity contribution is 0.0827. The van der Waals surface area contributed by atoms with Gasteiger partial charge in [-0.05, 0) is 88.7 Å². The lowest BCUT2D eigenvalue weighted by atomic mass is 9.99. The van der Waals surface area contributed by atoms with Crippen LogP contribution in [0.25, 0.3) is 33.5 Å². The van der Waals surface area contributed by atoms with E-state index in [0.717, 1.165) is 45.7 Å². The molecule has 1 aliphatic rings. The van der Waals surface area contributed by atoms with E-state index < -0.39 is 0 Å². The first kappa shape index (κ1) is 25.9. The maximum atomic E-state index is 12.5. The molecule has 7 heteroatoms. The van der Waals surface area contributed by atoms with Gasteiger partial charge in [0.25, 0.3) is 5.91 Å². The zero-order chi connectivity index (χ0) is 27.1. The molecular weight excluding hydrogens is 472 g/mol. The van der Waals surface area contributed by atoms with Gasteiger partial charge in [0.1, 0.15) is 5.52 Å². The Balaban J connectivity index is 1.59. The second-order valence-corrected chi connectivity index (χ2v) is 11.0. The zero-order valence-corrected chi connectivity index (χ0v) is 23.5. The highest BCUT2D eigenvalue weighted by molar-refractivity contribution is 5.97. The maximum absolute atomic E-state index is 12.5. The molecule has 1 aliphatic heterocycles. The lowest BCUT2D eigenvalue weighted by Crippen LogP contribution is -2.26. The van der Waals surface area contributed by atoms with Crippen molar-refractivity contribution in [1.29, 1.82) is 0 Å². The Morgan fingerprint density at radius 3 is 2.55 bits per heavy atom. The standard InChI is InChI=1S/C31H38N6O/c1-19-13-22(10-11-26(19)31(38)36(6)7)27-17-32-30-29(27)34-28(18-33-30)24-14-23(21(3)35(4)5)15-25(16-24)37-12-8-9-20(37)2/h10-11,13-18,20-21H,8-9,12H2,1-7H3,(H,32,33)/t20-,21?/m1/s1. The second-order valence-electron chi connectivity index (χ2n) is 11.0. The normalized spacial score (nSPS) is 16.4. The number of H-pyrrole nitrogens is 1. The summed E-state index contributed by atoms with van der Waals surface area (Å²) in [6.45, 7) is 7.61. The summed E-state index contributed by atoms with van der Waals surface area (Å²) in [6, 6.07) is 13.6. The Hall–Kier alpha value is -3.71. The van der Waals surface area contributed by atoms with Crippen LogP contribution >= 0.6 is 0 Å². The van der Waals surface area contributed by atoms with Gasteiger partial charge in [0.2, 0.25) is 0 Å². The van der Waals surface area contributed by atoms with Gasteiger partial charge in [-0.25, -0.2) is 9.97 Å². The predicted octanol–water partition coefficient (Wildman–Crippen LogP) is 5.91. The number of aryl methyl sites for hydroxylation is 1. The van der Waals surface area contributed by atoms with E-state index >= 15 is 0 Å². The van der Waals surface area contributed by atoms with Crippen LogP contribution in [-0.4, -0.2) is 71.4 Å². The molecule has 2 aromatic carbocycles. The predicted molar refractivity (Wildman–Crippen MR) is 156 cm³/mol. The molecule has 4 aromatic rings. The Morgan fingerprint density at radius 1 is 1.11 bits per heavy atom. The minimum absolute atomic E-state index is 0.00464. The summed E-state index contributed by atoms with van der Waals surface area (Å²) in [7, 11) is 7.78. The van der Waals surface area contributed by atoms with Crippen LogP contribution in [0.15, 0.2) is 48.8 Å². The van der Waals surface area contributed by atoms with Crippen molar-refractivity contribution < 1.29 is 4.79 Å². The third-order valence-electron chi connectivity index (χ3n) is 7.93. The first-order chi connectivity index (χ1) is 18.1. The fraction of sp³-hybridized carbons (Fsp3) is 0.387. The number of nitrogens with one attached hydrogen (secondary N) is 1. The molecule has 0 saturated carbocycles. The molecule has 198 valence electrons. The van der Waals surface area contributed by atoms with Crippen LogP contribution in [0.5, 0.6) is 0 Å². The van der Waals surface area contributed by atoms with Crippen molar-refractivity contribution in [3.05, 3.63) is 65.5 Å². The summed E-state index contributed by atoms with van der Waals surface area (Å²) in [6.07, 6.45) is 6.27. The number of anilines is 1. The SMILES string of the molecule is Cc1cc(-c2c[nH]c3ncc(-c4cc(C(C)N(C)C)cc(N5CCC[C@H]5C)c4)nc23)ccc1C(=O)N(C)C. The maximum Gasteiger partial charge on any atom is 0.253 e. The molecule has 7 nitrogen and oxygen atoms in total. The molecule has 0 spiro atoms. The molecule has 2 aromatic heterocycles.